The zero-order chi connectivity index (χ0) is 15.7. The number of halogens is 3. The van der Waals surface area contributed by atoms with E-state index in [0.29, 0.717) is 15.2 Å². The number of pyridine rings is 1. The summed E-state index contributed by atoms with van der Waals surface area (Å²) < 4.78 is 15.5. The van der Waals surface area contributed by atoms with Crippen molar-refractivity contribution < 1.29 is 9.18 Å². The Balaban J connectivity index is 1.75. The van der Waals surface area contributed by atoms with E-state index in [0.717, 1.165) is 5.65 Å². The van der Waals surface area contributed by atoms with Crippen molar-refractivity contribution in [3.05, 3.63) is 69.3 Å². The van der Waals surface area contributed by atoms with Gasteiger partial charge in [-0.1, -0.05) is 11.6 Å². The number of nitrogens with one attached hydrogen (secondary N) is 1. The largest absolute Gasteiger partial charge is 0.346 e. The minimum absolute atomic E-state index is 0.237. The first kappa shape index (κ1) is 15.0. The fourth-order valence-corrected chi connectivity index (χ4v) is 2.63. The number of hydrogen-bond donors (Lipinski definition) is 1. The number of hydrogen-bond acceptors (Lipinski definition) is 2. The molecule has 0 spiro atoms. The zero-order valence-corrected chi connectivity index (χ0v) is 13.5. The Bertz CT molecular complexity index is 865. The maximum atomic E-state index is 13.2. The molecule has 0 fully saturated rings. The number of aromatic nitrogens is 2. The molecule has 1 N–H and O–H groups in total. The monoisotopic (exact) mass is 381 g/mol. The smallest absolute Gasteiger partial charge is 0.252 e. The molecule has 0 aliphatic carbocycles. The van der Waals surface area contributed by atoms with Crippen LogP contribution in [-0.2, 0) is 6.54 Å². The van der Waals surface area contributed by atoms with Crippen LogP contribution in [0.3, 0.4) is 0 Å². The van der Waals surface area contributed by atoms with E-state index in [1.165, 1.54) is 18.2 Å². The van der Waals surface area contributed by atoms with Crippen molar-refractivity contribution in [1.29, 1.82) is 0 Å². The Labute approximate surface area is 139 Å². The molecule has 2 heterocycles. The molecule has 1 aromatic carbocycles. The van der Waals surface area contributed by atoms with Gasteiger partial charge in [-0.25, -0.2) is 9.37 Å². The second-order valence-corrected chi connectivity index (χ2v) is 5.94. The molecule has 0 aliphatic rings. The normalized spacial score (nSPS) is 10.9. The molecule has 3 rings (SSSR count). The molecule has 2 aromatic heterocycles. The quantitative estimate of drug-likeness (QED) is 0.748. The summed E-state index contributed by atoms with van der Waals surface area (Å²) in [5.41, 5.74) is 1.66. The minimum atomic E-state index is -0.462. The summed E-state index contributed by atoms with van der Waals surface area (Å²) in [5, 5.41) is 3.32. The highest BCUT2D eigenvalue weighted by Crippen LogP contribution is 2.18. The van der Waals surface area contributed by atoms with E-state index in [4.69, 9.17) is 11.6 Å². The lowest BCUT2D eigenvalue weighted by Gasteiger charge is -2.05. The molecule has 0 bridgehead atoms. The molecule has 22 heavy (non-hydrogen) atoms. The van der Waals surface area contributed by atoms with Gasteiger partial charge in [0.05, 0.1) is 22.8 Å². The van der Waals surface area contributed by atoms with Gasteiger partial charge in [-0.2, -0.15) is 0 Å². The Morgan fingerprint density at radius 1 is 1.32 bits per heavy atom. The molecule has 112 valence electrons. The van der Waals surface area contributed by atoms with Crippen molar-refractivity contribution in [2.24, 2.45) is 0 Å². The van der Waals surface area contributed by atoms with Crippen LogP contribution >= 0.6 is 27.5 Å². The minimum Gasteiger partial charge on any atom is -0.346 e. The Kier molecular flexibility index (Phi) is 4.13. The van der Waals surface area contributed by atoms with Gasteiger partial charge in [0.1, 0.15) is 11.5 Å². The second kappa shape index (κ2) is 6.06. The molecular formula is C15H10BrClFN3O. The lowest BCUT2D eigenvalue weighted by molar-refractivity contribution is 0.0949. The van der Waals surface area contributed by atoms with E-state index in [-0.39, 0.29) is 18.0 Å². The van der Waals surface area contributed by atoms with Gasteiger partial charge >= 0.3 is 0 Å². The van der Waals surface area contributed by atoms with Gasteiger partial charge in [-0.05, 0) is 46.3 Å². The third-order valence-corrected chi connectivity index (χ3v) is 3.98. The molecule has 3 aromatic rings. The van der Waals surface area contributed by atoms with Gasteiger partial charge in [0.15, 0.2) is 0 Å². The summed E-state index contributed by atoms with van der Waals surface area (Å²) in [6, 6.07) is 7.50. The SMILES string of the molecule is O=C(NCc1cn2cc(Cl)ccc2n1)c1cc(F)ccc1Br. The number of benzene rings is 1. The average molecular weight is 383 g/mol. The van der Waals surface area contributed by atoms with E-state index in [9.17, 15) is 9.18 Å². The summed E-state index contributed by atoms with van der Waals surface area (Å²) >= 11 is 9.14. The Morgan fingerprint density at radius 3 is 2.95 bits per heavy atom. The number of carbonyl (C=O) groups is 1. The maximum Gasteiger partial charge on any atom is 0.252 e. The van der Waals surface area contributed by atoms with E-state index < -0.39 is 5.82 Å². The number of rotatable bonds is 3. The first-order valence-corrected chi connectivity index (χ1v) is 7.56. The van der Waals surface area contributed by atoms with Crippen LogP contribution in [0, 0.1) is 5.82 Å². The first-order chi connectivity index (χ1) is 10.5. The molecule has 0 saturated heterocycles. The topological polar surface area (TPSA) is 46.4 Å². The van der Waals surface area contributed by atoms with Crippen molar-refractivity contribution in [2.45, 2.75) is 6.54 Å². The molecular weight excluding hydrogens is 373 g/mol. The lowest BCUT2D eigenvalue weighted by Crippen LogP contribution is -2.23. The highest BCUT2D eigenvalue weighted by molar-refractivity contribution is 9.10. The first-order valence-electron chi connectivity index (χ1n) is 6.39. The predicted octanol–water partition coefficient (Wildman–Crippen LogP) is 3.82. The van der Waals surface area contributed by atoms with E-state index in [1.54, 1.807) is 28.9 Å². The van der Waals surface area contributed by atoms with Crippen molar-refractivity contribution in [1.82, 2.24) is 14.7 Å². The van der Waals surface area contributed by atoms with Gasteiger partial charge < -0.3 is 9.72 Å². The van der Waals surface area contributed by atoms with Crippen molar-refractivity contribution in [3.8, 4) is 0 Å². The highest BCUT2D eigenvalue weighted by Gasteiger charge is 2.11. The fourth-order valence-electron chi connectivity index (χ4n) is 2.04. The number of imidazole rings is 1. The van der Waals surface area contributed by atoms with Crippen LogP contribution in [-0.4, -0.2) is 15.3 Å². The van der Waals surface area contributed by atoms with Gasteiger partial charge in [-0.15, -0.1) is 0 Å². The van der Waals surface area contributed by atoms with Crippen molar-refractivity contribution in [2.75, 3.05) is 0 Å². The second-order valence-electron chi connectivity index (χ2n) is 4.65. The van der Waals surface area contributed by atoms with Crippen molar-refractivity contribution >= 4 is 39.1 Å². The molecule has 0 saturated carbocycles. The molecule has 0 aliphatic heterocycles. The molecule has 0 atom stereocenters. The number of amides is 1. The lowest BCUT2D eigenvalue weighted by atomic mass is 10.2. The number of carbonyl (C=O) groups excluding carboxylic acids is 1. The van der Waals surface area contributed by atoms with Crippen LogP contribution in [0.5, 0.6) is 0 Å². The average Bonchev–Trinajstić information content (AvgIpc) is 2.89. The third kappa shape index (κ3) is 3.13. The predicted molar refractivity (Wildman–Crippen MR) is 85.5 cm³/mol. The molecule has 1 amide bonds. The van der Waals surface area contributed by atoms with Gasteiger partial charge in [-0.3, -0.25) is 4.79 Å². The molecule has 7 heteroatoms. The maximum absolute atomic E-state index is 13.2. The molecule has 4 nitrogen and oxygen atoms in total. The van der Waals surface area contributed by atoms with Crippen LogP contribution < -0.4 is 5.32 Å². The molecule has 0 unspecified atom stereocenters. The van der Waals surface area contributed by atoms with Crippen LogP contribution in [0.4, 0.5) is 4.39 Å². The van der Waals surface area contributed by atoms with Crippen LogP contribution in [0.2, 0.25) is 5.02 Å². The summed E-state index contributed by atoms with van der Waals surface area (Å²) in [4.78, 5) is 16.5. The summed E-state index contributed by atoms with van der Waals surface area (Å²) in [6.07, 6.45) is 3.51. The summed E-state index contributed by atoms with van der Waals surface area (Å²) in [5.74, 6) is -0.836. The third-order valence-electron chi connectivity index (χ3n) is 3.07. The Hall–Kier alpha value is -1.92. The molecule has 0 radical (unpaired) electrons. The van der Waals surface area contributed by atoms with Crippen LogP contribution in [0.15, 0.2) is 47.2 Å². The Morgan fingerprint density at radius 2 is 2.14 bits per heavy atom. The van der Waals surface area contributed by atoms with E-state index in [1.807, 2.05) is 0 Å². The standard InChI is InChI=1S/C15H10BrClFN3O/c16-13-3-2-10(18)5-12(13)15(22)19-6-11-8-21-7-9(17)1-4-14(21)20-11/h1-5,7-8H,6H2,(H,19,22). The zero-order valence-electron chi connectivity index (χ0n) is 11.2. The van der Waals surface area contributed by atoms with Crippen molar-refractivity contribution in [3.63, 3.8) is 0 Å². The number of nitrogens with zero attached hydrogens (tertiary/aromatic N) is 2. The van der Waals surface area contributed by atoms with E-state index in [2.05, 4.69) is 26.2 Å². The number of fused-ring (bicyclic) bond motifs is 1. The van der Waals surface area contributed by atoms with Crippen LogP contribution in [0.25, 0.3) is 5.65 Å². The fraction of sp³-hybridized carbons (Fsp3) is 0.0667. The van der Waals surface area contributed by atoms with E-state index >= 15 is 0 Å². The van der Waals surface area contributed by atoms with Gasteiger partial charge in [0, 0.05) is 16.9 Å². The van der Waals surface area contributed by atoms with Gasteiger partial charge in [0.25, 0.3) is 5.91 Å². The van der Waals surface area contributed by atoms with Crippen LogP contribution in [0.1, 0.15) is 16.1 Å². The summed E-state index contributed by atoms with van der Waals surface area (Å²) in [6.45, 7) is 0.237. The highest BCUT2D eigenvalue weighted by atomic mass is 79.9. The summed E-state index contributed by atoms with van der Waals surface area (Å²) in [7, 11) is 0. The van der Waals surface area contributed by atoms with Gasteiger partial charge in [0.2, 0.25) is 0 Å².